The lowest BCUT2D eigenvalue weighted by molar-refractivity contribution is -1.92. The molecule has 0 heterocycles. The van der Waals surface area contributed by atoms with Crippen LogP contribution in [0.25, 0.3) is 0 Å². The van der Waals surface area contributed by atoms with E-state index in [2.05, 4.69) is 101 Å². The Morgan fingerprint density at radius 1 is 0.556 bits per heavy atom. The van der Waals surface area contributed by atoms with Gasteiger partial charge in [-0.15, -0.1) is 5.73 Å². The van der Waals surface area contributed by atoms with Gasteiger partial charge in [0.1, 0.15) is 0 Å². The molecular weight excluding hydrogens is 476 g/mol. The maximum absolute atomic E-state index is 8.60. The lowest BCUT2D eigenvalue weighted by Gasteiger charge is -2.17. The van der Waals surface area contributed by atoms with Gasteiger partial charge >= 0.3 is 0 Å². The summed E-state index contributed by atoms with van der Waals surface area (Å²) in [5.74, 6) is 0. The van der Waals surface area contributed by atoms with Crippen LogP contribution in [-0.2, 0) is 0 Å². The first-order valence-corrected chi connectivity index (χ1v) is 12.4. The summed E-state index contributed by atoms with van der Waals surface area (Å²) >= 11 is 0. The number of nitrogens with one attached hydrogen (secondary N) is 2. The minimum Gasteiger partial charge on any atom is -0.374 e. The van der Waals surface area contributed by atoms with Crippen LogP contribution in [0.1, 0.15) is 23.2 Å². The SMILES string of the molecule is C(=CC(Nc1ccccc1)c1ccccc1)=CC(Nc1ccccc1)c1ccccc1.[O-][Cl+3]([O-])([O-])O. The average Bonchev–Trinajstić information content (AvgIpc) is 2.89. The zero-order chi connectivity index (χ0) is 25.6. The lowest BCUT2D eigenvalue weighted by atomic mass is 10.0. The van der Waals surface area contributed by atoms with Crippen molar-refractivity contribution in [3.05, 3.63) is 150 Å². The molecule has 7 heteroatoms. The van der Waals surface area contributed by atoms with Crippen LogP contribution >= 0.6 is 0 Å². The van der Waals surface area contributed by atoms with Crippen molar-refractivity contribution >= 4 is 11.4 Å². The number of benzene rings is 4. The van der Waals surface area contributed by atoms with Gasteiger partial charge in [0.15, 0.2) is 0 Å². The summed E-state index contributed by atoms with van der Waals surface area (Å²) in [5, 5.41) is 7.20. The zero-order valence-corrected chi connectivity index (χ0v) is 20.2. The zero-order valence-electron chi connectivity index (χ0n) is 19.4. The first-order valence-electron chi connectivity index (χ1n) is 11.2. The third-order valence-electron chi connectivity index (χ3n) is 5.04. The molecule has 0 bridgehead atoms. The van der Waals surface area contributed by atoms with E-state index in [1.807, 2.05) is 48.5 Å². The van der Waals surface area contributed by atoms with Crippen LogP contribution in [0.3, 0.4) is 0 Å². The van der Waals surface area contributed by atoms with Gasteiger partial charge < -0.3 is 10.6 Å². The van der Waals surface area contributed by atoms with Crippen LogP contribution in [0.15, 0.2) is 139 Å². The van der Waals surface area contributed by atoms with Crippen LogP contribution in [0.5, 0.6) is 0 Å². The molecule has 2 atom stereocenters. The summed E-state index contributed by atoms with van der Waals surface area (Å²) in [6.07, 6.45) is 4.18. The fourth-order valence-corrected chi connectivity index (χ4v) is 3.44. The van der Waals surface area contributed by atoms with Crippen molar-refractivity contribution in [1.29, 1.82) is 0 Å². The van der Waals surface area contributed by atoms with Crippen LogP contribution in [-0.4, -0.2) is 4.66 Å². The monoisotopic (exact) mass is 502 g/mol. The highest BCUT2D eigenvalue weighted by molar-refractivity contribution is 5.48. The number of anilines is 2. The van der Waals surface area contributed by atoms with Gasteiger partial charge in [0.2, 0.25) is 0 Å². The van der Waals surface area contributed by atoms with Crippen molar-refractivity contribution in [2.24, 2.45) is 0 Å². The first kappa shape index (κ1) is 26.7. The summed E-state index contributed by atoms with van der Waals surface area (Å²) in [6.45, 7) is 0. The highest BCUT2D eigenvalue weighted by atomic mass is 35.7. The molecule has 0 radical (unpaired) electrons. The fourth-order valence-electron chi connectivity index (χ4n) is 3.44. The summed E-state index contributed by atoms with van der Waals surface area (Å²) in [6, 6.07) is 41.5. The molecule has 0 amide bonds. The van der Waals surface area contributed by atoms with Gasteiger partial charge in [0.05, 0.1) is 27.0 Å². The molecule has 3 N–H and O–H groups in total. The second kappa shape index (κ2) is 13.9. The molecule has 0 aliphatic rings. The smallest absolute Gasteiger partial charge is 0.0777 e. The molecule has 0 fully saturated rings. The molecule has 4 rings (SSSR count). The average molecular weight is 503 g/mol. The maximum atomic E-state index is 8.60. The number of para-hydroxylation sites is 2. The molecule has 0 aliphatic heterocycles. The fraction of sp³-hybridized carbons (Fsp3) is 0.0690. The second-order valence-corrected chi connectivity index (χ2v) is 8.49. The molecule has 0 spiro atoms. The Hall–Kier alpha value is -3.87. The Labute approximate surface area is 213 Å². The van der Waals surface area contributed by atoms with Crippen LogP contribution in [0, 0.1) is 10.2 Å². The Morgan fingerprint density at radius 3 is 1.14 bits per heavy atom. The summed E-state index contributed by atoms with van der Waals surface area (Å²) in [4.78, 5) is 0. The lowest BCUT2D eigenvalue weighted by Crippen LogP contribution is -2.58. The number of hydrogen-bond acceptors (Lipinski definition) is 6. The summed E-state index contributed by atoms with van der Waals surface area (Å²) < 4.78 is 32.7. The Balaban J connectivity index is 0.000000658. The molecule has 6 nitrogen and oxygen atoms in total. The molecule has 0 saturated carbocycles. The van der Waals surface area contributed by atoms with Crippen molar-refractivity contribution < 1.29 is 28.9 Å². The Bertz CT molecular complexity index is 1120. The van der Waals surface area contributed by atoms with Gasteiger partial charge in [-0.05, 0) is 47.5 Å². The van der Waals surface area contributed by atoms with Crippen LogP contribution < -0.4 is 24.6 Å². The Kier molecular flexibility index (Phi) is 10.3. The first-order chi connectivity index (χ1) is 17.4. The second-order valence-electron chi connectivity index (χ2n) is 7.69. The van der Waals surface area contributed by atoms with Gasteiger partial charge in [0.25, 0.3) is 0 Å². The summed E-state index contributed by atoms with van der Waals surface area (Å²) in [5.41, 5.74) is 8.00. The van der Waals surface area contributed by atoms with Crippen molar-refractivity contribution in [3.63, 3.8) is 0 Å². The van der Waals surface area contributed by atoms with Gasteiger partial charge in [-0.2, -0.15) is 14.0 Å². The molecular formula is C29H27ClN2O4. The van der Waals surface area contributed by atoms with Crippen LogP contribution in [0.4, 0.5) is 11.4 Å². The molecule has 0 aliphatic carbocycles. The molecule has 184 valence electrons. The van der Waals surface area contributed by atoms with Gasteiger partial charge in [-0.3, -0.25) is 0 Å². The van der Waals surface area contributed by atoms with E-state index in [0.29, 0.717) is 0 Å². The molecule has 2 unspecified atom stereocenters. The topological polar surface area (TPSA) is 113 Å². The van der Waals surface area contributed by atoms with E-state index >= 15 is 0 Å². The van der Waals surface area contributed by atoms with E-state index in [-0.39, 0.29) is 12.1 Å². The molecule has 4 aromatic carbocycles. The predicted octanol–water partition coefficient (Wildman–Crippen LogP) is 3.28. The highest BCUT2D eigenvalue weighted by Gasteiger charge is 2.09. The Morgan fingerprint density at radius 2 is 0.833 bits per heavy atom. The van der Waals surface area contributed by atoms with E-state index in [1.54, 1.807) is 0 Å². The number of hydrogen-bond donors (Lipinski definition) is 3. The standard InChI is InChI=1S/C29H26N2.ClHO4/c1-5-14-24(15-6-1)28(30-26-18-9-3-10-19-26)22-13-23-29(25-16-7-2-8-17-25)31-27-20-11-4-12-21-27;2-1(3,4)5/h1-12,14-23,28-31H;(H,2,3,4,5). The largest absolute Gasteiger partial charge is 0.374 e. The number of rotatable bonds is 8. The normalized spacial score (nSPS) is 12.1. The van der Waals surface area contributed by atoms with Crippen molar-refractivity contribution in [2.45, 2.75) is 12.1 Å². The quantitative estimate of drug-likeness (QED) is 0.319. The summed E-state index contributed by atoms with van der Waals surface area (Å²) in [7, 11) is -4.69. The predicted molar refractivity (Wildman–Crippen MR) is 133 cm³/mol. The minimum absolute atomic E-state index is 0.0213. The molecule has 4 aromatic rings. The number of halogens is 1. The van der Waals surface area contributed by atoms with Gasteiger partial charge in [-0.1, -0.05) is 97.1 Å². The van der Waals surface area contributed by atoms with E-state index in [9.17, 15) is 0 Å². The van der Waals surface area contributed by atoms with Crippen LogP contribution in [0.2, 0.25) is 0 Å². The van der Waals surface area contributed by atoms with E-state index in [1.165, 1.54) is 11.1 Å². The van der Waals surface area contributed by atoms with Crippen molar-refractivity contribution in [1.82, 2.24) is 0 Å². The van der Waals surface area contributed by atoms with Crippen molar-refractivity contribution in [3.8, 4) is 0 Å². The highest BCUT2D eigenvalue weighted by Crippen LogP contribution is 2.23. The van der Waals surface area contributed by atoms with E-state index < -0.39 is 10.2 Å². The minimum atomic E-state index is -4.69. The molecule has 0 saturated heterocycles. The third kappa shape index (κ3) is 10.2. The van der Waals surface area contributed by atoms with Gasteiger partial charge in [0, 0.05) is 11.4 Å². The van der Waals surface area contributed by atoms with E-state index in [4.69, 9.17) is 18.6 Å². The maximum Gasteiger partial charge on any atom is 0.0777 e. The third-order valence-corrected chi connectivity index (χ3v) is 5.04. The van der Waals surface area contributed by atoms with E-state index in [0.717, 1.165) is 11.4 Å². The molecule has 36 heavy (non-hydrogen) atoms. The van der Waals surface area contributed by atoms with Gasteiger partial charge in [-0.25, -0.2) is 0 Å². The molecule has 0 aromatic heterocycles. The van der Waals surface area contributed by atoms with Crippen molar-refractivity contribution in [2.75, 3.05) is 10.6 Å².